The fourth-order valence-corrected chi connectivity index (χ4v) is 4.40. The van der Waals surface area contributed by atoms with E-state index in [1.807, 2.05) is 0 Å². The second kappa shape index (κ2) is 7.65. The molecule has 0 fully saturated rings. The Labute approximate surface area is 166 Å². The van der Waals surface area contributed by atoms with Crippen LogP contribution >= 0.6 is 11.6 Å². The van der Waals surface area contributed by atoms with Crippen molar-refractivity contribution in [2.75, 3.05) is 7.05 Å². The second-order valence-corrected chi connectivity index (χ2v) is 8.39. The molecule has 0 atom stereocenters. The highest BCUT2D eigenvalue weighted by Crippen LogP contribution is 2.28. The van der Waals surface area contributed by atoms with Gasteiger partial charge in [-0.2, -0.15) is 0 Å². The first kappa shape index (κ1) is 19.9. The molecular formula is C19H16ClFN2O4S. The van der Waals surface area contributed by atoms with Gasteiger partial charge in [0.25, 0.3) is 10.0 Å². The lowest BCUT2D eigenvalue weighted by Gasteiger charge is -2.11. The molecule has 0 radical (unpaired) electrons. The maximum atomic E-state index is 13.3. The molecule has 0 aliphatic carbocycles. The molecule has 0 aliphatic rings. The summed E-state index contributed by atoms with van der Waals surface area (Å²) in [7, 11) is -2.64. The lowest BCUT2D eigenvalue weighted by Crippen LogP contribution is -2.23. The number of nitrogens with zero attached hydrogens (tertiary/aromatic N) is 2. The van der Waals surface area contributed by atoms with E-state index < -0.39 is 21.9 Å². The minimum absolute atomic E-state index is 0.0123. The van der Waals surface area contributed by atoms with Gasteiger partial charge in [-0.3, -0.25) is 0 Å². The zero-order valence-electron chi connectivity index (χ0n) is 14.7. The normalized spacial score (nSPS) is 11.4. The Balaban J connectivity index is 2.16. The highest BCUT2D eigenvalue weighted by Gasteiger charge is 2.23. The van der Waals surface area contributed by atoms with Gasteiger partial charge in [-0.15, -0.1) is 0 Å². The Hall–Kier alpha value is -2.84. The van der Waals surface area contributed by atoms with Crippen molar-refractivity contribution < 1.29 is 22.7 Å². The predicted octanol–water partition coefficient (Wildman–Crippen LogP) is 4.29. The van der Waals surface area contributed by atoms with Gasteiger partial charge >= 0.3 is 6.09 Å². The number of aromatic nitrogens is 1. The average molecular weight is 423 g/mol. The maximum absolute atomic E-state index is 13.3. The minimum atomic E-state index is -4.01. The van der Waals surface area contributed by atoms with Crippen LogP contribution in [0.1, 0.15) is 5.56 Å². The Bertz CT molecular complexity index is 1130. The first-order chi connectivity index (χ1) is 13.2. The predicted molar refractivity (Wildman–Crippen MR) is 103 cm³/mol. The first-order valence-corrected chi connectivity index (χ1v) is 9.92. The van der Waals surface area contributed by atoms with Crippen molar-refractivity contribution >= 4 is 27.7 Å². The van der Waals surface area contributed by atoms with Crippen molar-refractivity contribution in [1.82, 2.24) is 8.87 Å². The number of carboxylic acid groups (broad SMARTS) is 1. The van der Waals surface area contributed by atoms with Crippen LogP contribution in [0.25, 0.3) is 11.3 Å². The third kappa shape index (κ3) is 4.02. The van der Waals surface area contributed by atoms with E-state index in [-0.39, 0.29) is 22.2 Å². The summed E-state index contributed by atoms with van der Waals surface area (Å²) in [4.78, 5) is 12.1. The van der Waals surface area contributed by atoms with Crippen LogP contribution in [0.3, 0.4) is 0 Å². The molecule has 6 nitrogen and oxygen atoms in total. The summed E-state index contributed by atoms with van der Waals surface area (Å²) in [5.74, 6) is -0.453. The van der Waals surface area contributed by atoms with Gasteiger partial charge in [-0.05, 0) is 59.7 Å². The van der Waals surface area contributed by atoms with Crippen LogP contribution in [0.4, 0.5) is 9.18 Å². The molecule has 0 spiro atoms. The molecule has 1 heterocycles. The first-order valence-electron chi connectivity index (χ1n) is 8.11. The van der Waals surface area contributed by atoms with Crippen LogP contribution in [-0.2, 0) is 16.6 Å². The number of halogens is 2. The third-order valence-corrected chi connectivity index (χ3v) is 5.99. The molecule has 1 aromatic heterocycles. The van der Waals surface area contributed by atoms with Crippen molar-refractivity contribution in [2.24, 2.45) is 0 Å². The molecule has 28 heavy (non-hydrogen) atoms. The Morgan fingerprint density at radius 1 is 1.18 bits per heavy atom. The molecular weight excluding hydrogens is 407 g/mol. The average Bonchev–Trinajstić information content (AvgIpc) is 3.07. The topological polar surface area (TPSA) is 79.6 Å². The molecule has 2 aromatic carbocycles. The zero-order chi connectivity index (χ0) is 20.5. The van der Waals surface area contributed by atoms with Gasteiger partial charge in [-0.1, -0.05) is 17.7 Å². The molecule has 9 heteroatoms. The Morgan fingerprint density at radius 3 is 2.46 bits per heavy atom. The van der Waals surface area contributed by atoms with E-state index >= 15 is 0 Å². The van der Waals surface area contributed by atoms with Crippen molar-refractivity contribution in [3.63, 3.8) is 0 Å². The Kier molecular flexibility index (Phi) is 5.44. The van der Waals surface area contributed by atoms with E-state index in [9.17, 15) is 17.6 Å². The van der Waals surface area contributed by atoms with Crippen molar-refractivity contribution in [3.8, 4) is 11.3 Å². The van der Waals surface area contributed by atoms with Crippen LogP contribution in [-0.4, -0.2) is 35.5 Å². The van der Waals surface area contributed by atoms with Crippen LogP contribution in [0, 0.1) is 5.82 Å². The monoisotopic (exact) mass is 422 g/mol. The summed E-state index contributed by atoms with van der Waals surface area (Å²) in [6.07, 6.45) is 0.211. The van der Waals surface area contributed by atoms with Crippen molar-refractivity contribution in [3.05, 3.63) is 77.2 Å². The summed E-state index contributed by atoms with van der Waals surface area (Å²) in [6, 6.07) is 12.8. The summed E-state index contributed by atoms with van der Waals surface area (Å²) >= 11 is 5.93. The quantitative estimate of drug-likeness (QED) is 0.665. The number of amides is 1. The van der Waals surface area contributed by atoms with Crippen molar-refractivity contribution in [2.45, 2.75) is 11.4 Å². The summed E-state index contributed by atoms with van der Waals surface area (Å²) in [6.45, 7) is -0.0123. The lowest BCUT2D eigenvalue weighted by atomic mass is 10.1. The summed E-state index contributed by atoms with van der Waals surface area (Å²) in [5, 5.41) is 9.35. The largest absolute Gasteiger partial charge is 0.465 e. The maximum Gasteiger partial charge on any atom is 0.407 e. The minimum Gasteiger partial charge on any atom is -0.465 e. The Morgan fingerprint density at radius 2 is 1.86 bits per heavy atom. The molecule has 0 saturated heterocycles. The highest BCUT2D eigenvalue weighted by atomic mass is 35.5. The van der Waals surface area contributed by atoms with Gasteiger partial charge < -0.3 is 10.0 Å². The van der Waals surface area contributed by atoms with Crippen molar-refractivity contribution in [1.29, 1.82) is 0 Å². The summed E-state index contributed by atoms with van der Waals surface area (Å²) < 4.78 is 40.7. The zero-order valence-corrected chi connectivity index (χ0v) is 16.3. The standard InChI is InChI=1S/C19H16ClFN2O4S/c1-22(19(24)25)11-13-9-18(14-5-7-16(21)8-6-14)23(12-13)28(26,27)17-4-2-3-15(20)10-17/h2-10,12H,11H2,1H3,(H,24,25). The molecule has 0 aliphatic heterocycles. The van der Waals surface area contributed by atoms with Crippen LogP contribution in [0.2, 0.25) is 5.02 Å². The third-order valence-electron chi connectivity index (χ3n) is 4.08. The molecule has 1 N–H and O–H groups in total. The molecule has 0 unspecified atom stereocenters. The van der Waals surface area contributed by atoms with Gasteiger partial charge in [0.2, 0.25) is 0 Å². The van der Waals surface area contributed by atoms with Crippen LogP contribution < -0.4 is 0 Å². The SMILES string of the molecule is CN(Cc1cc(-c2ccc(F)cc2)n(S(=O)(=O)c2cccc(Cl)c2)c1)C(=O)O. The lowest BCUT2D eigenvalue weighted by molar-refractivity contribution is 0.154. The van der Waals surface area contributed by atoms with Crippen LogP contribution in [0.15, 0.2) is 65.7 Å². The molecule has 1 amide bonds. The van der Waals surface area contributed by atoms with Gasteiger partial charge in [0.15, 0.2) is 0 Å². The smallest absolute Gasteiger partial charge is 0.407 e. The number of benzene rings is 2. The van der Waals surface area contributed by atoms with E-state index in [0.29, 0.717) is 11.1 Å². The molecule has 146 valence electrons. The number of carbonyl (C=O) groups is 1. The fourth-order valence-electron chi connectivity index (χ4n) is 2.70. The molecule has 0 saturated carbocycles. The number of hydrogen-bond donors (Lipinski definition) is 1. The second-order valence-electron chi connectivity index (χ2n) is 6.14. The van der Waals surface area contributed by atoms with Gasteiger partial charge in [-0.25, -0.2) is 21.6 Å². The van der Waals surface area contributed by atoms with Crippen LogP contribution in [0.5, 0.6) is 0 Å². The van der Waals surface area contributed by atoms with E-state index in [2.05, 4.69) is 0 Å². The van der Waals surface area contributed by atoms with Gasteiger partial charge in [0.1, 0.15) is 5.82 Å². The van der Waals surface area contributed by atoms with E-state index in [4.69, 9.17) is 16.7 Å². The molecule has 3 aromatic rings. The number of rotatable bonds is 5. The summed E-state index contributed by atoms with van der Waals surface area (Å²) in [5.41, 5.74) is 1.22. The van der Waals surface area contributed by atoms with E-state index in [1.165, 1.54) is 55.7 Å². The highest BCUT2D eigenvalue weighted by molar-refractivity contribution is 7.90. The van der Waals surface area contributed by atoms with Gasteiger partial charge in [0.05, 0.1) is 17.1 Å². The van der Waals surface area contributed by atoms with Gasteiger partial charge in [0, 0.05) is 18.3 Å². The van der Waals surface area contributed by atoms with E-state index in [1.54, 1.807) is 12.1 Å². The van der Waals surface area contributed by atoms with E-state index in [0.717, 1.165) is 8.87 Å². The number of hydrogen-bond acceptors (Lipinski definition) is 3. The molecule has 3 rings (SSSR count). The molecule has 0 bridgehead atoms. The fraction of sp³-hybridized carbons (Fsp3) is 0.105.